The van der Waals surface area contributed by atoms with Crippen molar-refractivity contribution in [1.29, 1.82) is 0 Å². The van der Waals surface area contributed by atoms with Crippen molar-refractivity contribution in [3.63, 3.8) is 0 Å². The van der Waals surface area contributed by atoms with E-state index in [9.17, 15) is 4.79 Å². The molecule has 1 aromatic heterocycles. The first-order chi connectivity index (χ1) is 7.88. The average Bonchev–Trinajstić information content (AvgIpc) is 2.80. The van der Waals surface area contributed by atoms with Crippen LogP contribution in [0.5, 0.6) is 0 Å². The summed E-state index contributed by atoms with van der Waals surface area (Å²) in [5.74, 6) is 0.960. The summed E-state index contributed by atoms with van der Waals surface area (Å²) < 4.78 is 4.32. The first kappa shape index (κ1) is 12.3. The summed E-state index contributed by atoms with van der Waals surface area (Å²) in [6.45, 7) is 7.04. The van der Waals surface area contributed by atoms with E-state index in [-0.39, 0.29) is 17.4 Å². The molecule has 6 heteroatoms. The predicted molar refractivity (Wildman–Crippen MR) is 68.3 cm³/mol. The van der Waals surface area contributed by atoms with Crippen LogP contribution in [-0.4, -0.2) is 39.8 Å². The van der Waals surface area contributed by atoms with Gasteiger partial charge in [0.05, 0.1) is 0 Å². The highest BCUT2D eigenvalue weighted by Gasteiger charge is 2.30. The van der Waals surface area contributed by atoms with Crippen LogP contribution >= 0.6 is 11.5 Å². The van der Waals surface area contributed by atoms with E-state index >= 15 is 0 Å². The standard InChI is InChI=1S/C11H18N4OS/c1-11(2,3)9-13-10(17-14-9)12-7-5-6-15(4)8(7)16/h7H,5-6H2,1-4H3,(H,12,13,14). The number of hydrogen-bond donors (Lipinski definition) is 1. The normalized spacial score (nSPS) is 21.1. The van der Waals surface area contributed by atoms with Gasteiger partial charge in [-0.2, -0.15) is 4.37 Å². The van der Waals surface area contributed by atoms with Crippen molar-refractivity contribution < 1.29 is 4.79 Å². The van der Waals surface area contributed by atoms with Gasteiger partial charge in [-0.25, -0.2) is 4.98 Å². The van der Waals surface area contributed by atoms with E-state index in [0.29, 0.717) is 0 Å². The zero-order valence-electron chi connectivity index (χ0n) is 10.6. The molecule has 1 fully saturated rings. The lowest BCUT2D eigenvalue weighted by atomic mass is 9.96. The van der Waals surface area contributed by atoms with Crippen molar-refractivity contribution in [2.45, 2.75) is 38.6 Å². The molecular formula is C11H18N4OS. The maximum Gasteiger partial charge on any atom is 0.244 e. The van der Waals surface area contributed by atoms with Crippen molar-refractivity contribution in [2.75, 3.05) is 18.9 Å². The summed E-state index contributed by atoms with van der Waals surface area (Å²) in [5, 5.41) is 3.91. The predicted octanol–water partition coefficient (Wildman–Crippen LogP) is 1.48. The van der Waals surface area contributed by atoms with Crippen molar-refractivity contribution in [3.8, 4) is 0 Å². The fourth-order valence-corrected chi connectivity index (χ4v) is 2.50. The van der Waals surface area contributed by atoms with Gasteiger partial charge in [0.1, 0.15) is 11.9 Å². The number of anilines is 1. The molecular weight excluding hydrogens is 236 g/mol. The number of amides is 1. The van der Waals surface area contributed by atoms with Crippen LogP contribution in [0.1, 0.15) is 33.0 Å². The number of aromatic nitrogens is 2. The molecule has 5 nitrogen and oxygen atoms in total. The maximum atomic E-state index is 11.7. The molecule has 0 spiro atoms. The minimum Gasteiger partial charge on any atom is -0.348 e. The zero-order valence-corrected chi connectivity index (χ0v) is 11.5. The van der Waals surface area contributed by atoms with E-state index in [4.69, 9.17) is 0 Å². The van der Waals surface area contributed by atoms with Gasteiger partial charge in [0, 0.05) is 30.5 Å². The van der Waals surface area contributed by atoms with Gasteiger partial charge in [0.15, 0.2) is 0 Å². The molecule has 0 radical (unpaired) electrons. The SMILES string of the molecule is CN1CCC(Nc2nc(C(C)(C)C)ns2)C1=O. The number of likely N-dealkylation sites (N-methyl/N-ethyl adjacent to an activating group) is 1. The molecule has 0 aliphatic carbocycles. The Labute approximate surface area is 105 Å². The molecule has 0 saturated carbocycles. The number of nitrogens with one attached hydrogen (secondary N) is 1. The van der Waals surface area contributed by atoms with Gasteiger partial charge >= 0.3 is 0 Å². The Balaban J connectivity index is 2.05. The topological polar surface area (TPSA) is 58.1 Å². The second-order valence-corrected chi connectivity index (χ2v) is 6.17. The summed E-state index contributed by atoms with van der Waals surface area (Å²) in [6, 6.07) is -0.138. The van der Waals surface area contributed by atoms with Gasteiger partial charge < -0.3 is 10.2 Å². The van der Waals surface area contributed by atoms with Gasteiger partial charge in [0.2, 0.25) is 11.0 Å². The number of carbonyl (C=O) groups is 1. The number of hydrogen-bond acceptors (Lipinski definition) is 5. The van der Waals surface area contributed by atoms with Crippen LogP contribution in [0.15, 0.2) is 0 Å². The Morgan fingerprint density at radius 3 is 2.65 bits per heavy atom. The first-order valence-corrected chi connectivity index (χ1v) is 6.51. The molecule has 1 unspecified atom stereocenters. The number of likely N-dealkylation sites (tertiary alicyclic amines) is 1. The van der Waals surface area contributed by atoms with Gasteiger partial charge in [0.25, 0.3) is 0 Å². The zero-order chi connectivity index (χ0) is 12.6. The summed E-state index contributed by atoms with van der Waals surface area (Å²) in [4.78, 5) is 17.9. The number of nitrogens with zero attached hydrogens (tertiary/aromatic N) is 3. The van der Waals surface area contributed by atoms with Crippen molar-refractivity contribution in [3.05, 3.63) is 5.82 Å². The Bertz CT molecular complexity index is 423. The minimum atomic E-state index is -0.138. The summed E-state index contributed by atoms with van der Waals surface area (Å²) >= 11 is 1.32. The number of carbonyl (C=O) groups excluding carboxylic acids is 1. The van der Waals surface area contributed by atoms with Crippen LogP contribution in [0.4, 0.5) is 5.13 Å². The second-order valence-electron chi connectivity index (χ2n) is 5.42. The molecule has 1 atom stereocenters. The fourth-order valence-electron chi connectivity index (χ4n) is 1.69. The van der Waals surface area contributed by atoms with Gasteiger partial charge in [-0.3, -0.25) is 4.79 Å². The van der Waals surface area contributed by atoms with E-state index in [1.807, 2.05) is 7.05 Å². The molecule has 2 rings (SSSR count). The van der Waals surface area contributed by atoms with Gasteiger partial charge in [-0.1, -0.05) is 20.8 Å². The van der Waals surface area contributed by atoms with Crippen LogP contribution in [0.25, 0.3) is 0 Å². The van der Waals surface area contributed by atoms with E-state index in [0.717, 1.165) is 23.9 Å². The highest BCUT2D eigenvalue weighted by Crippen LogP contribution is 2.24. The molecule has 1 amide bonds. The summed E-state index contributed by atoms with van der Waals surface area (Å²) in [6.07, 6.45) is 0.833. The monoisotopic (exact) mass is 254 g/mol. The van der Waals surface area contributed by atoms with Crippen molar-refractivity contribution >= 4 is 22.6 Å². The second kappa shape index (κ2) is 4.25. The van der Waals surface area contributed by atoms with Crippen LogP contribution in [0, 0.1) is 0 Å². The van der Waals surface area contributed by atoms with Crippen molar-refractivity contribution in [2.24, 2.45) is 0 Å². The molecule has 0 bridgehead atoms. The van der Waals surface area contributed by atoms with Crippen LogP contribution < -0.4 is 5.32 Å². The lowest BCUT2D eigenvalue weighted by Crippen LogP contribution is -2.30. The average molecular weight is 254 g/mol. The van der Waals surface area contributed by atoms with Crippen molar-refractivity contribution in [1.82, 2.24) is 14.3 Å². The molecule has 94 valence electrons. The highest BCUT2D eigenvalue weighted by atomic mass is 32.1. The van der Waals surface area contributed by atoms with Crippen LogP contribution in [0.3, 0.4) is 0 Å². The van der Waals surface area contributed by atoms with E-state index in [2.05, 4.69) is 35.4 Å². The maximum absolute atomic E-state index is 11.7. The van der Waals surface area contributed by atoms with E-state index in [1.54, 1.807) is 4.90 Å². The summed E-state index contributed by atoms with van der Waals surface area (Å²) in [7, 11) is 1.82. The van der Waals surface area contributed by atoms with E-state index < -0.39 is 0 Å². The third kappa shape index (κ3) is 2.57. The molecule has 1 N–H and O–H groups in total. The van der Waals surface area contributed by atoms with Crippen LogP contribution in [0.2, 0.25) is 0 Å². The molecule has 0 aromatic carbocycles. The molecule has 1 saturated heterocycles. The Kier molecular flexibility index (Phi) is 3.07. The highest BCUT2D eigenvalue weighted by molar-refractivity contribution is 7.09. The van der Waals surface area contributed by atoms with Gasteiger partial charge in [-0.15, -0.1) is 0 Å². The Morgan fingerprint density at radius 2 is 2.18 bits per heavy atom. The smallest absolute Gasteiger partial charge is 0.244 e. The van der Waals surface area contributed by atoms with Crippen LogP contribution in [-0.2, 0) is 10.2 Å². The third-order valence-electron chi connectivity index (χ3n) is 2.82. The lowest BCUT2D eigenvalue weighted by Gasteiger charge is -2.13. The molecule has 2 heterocycles. The third-order valence-corrected chi connectivity index (χ3v) is 3.47. The molecule has 1 aromatic rings. The first-order valence-electron chi connectivity index (χ1n) is 5.73. The fraction of sp³-hybridized carbons (Fsp3) is 0.727. The molecule has 1 aliphatic heterocycles. The van der Waals surface area contributed by atoms with E-state index in [1.165, 1.54) is 11.5 Å². The Hall–Kier alpha value is -1.17. The molecule has 1 aliphatic rings. The van der Waals surface area contributed by atoms with Gasteiger partial charge in [-0.05, 0) is 6.42 Å². The minimum absolute atomic E-state index is 0.0487. The largest absolute Gasteiger partial charge is 0.348 e. The quantitative estimate of drug-likeness (QED) is 0.868. The Morgan fingerprint density at radius 1 is 1.47 bits per heavy atom. The number of rotatable bonds is 2. The molecule has 17 heavy (non-hydrogen) atoms. The summed E-state index contributed by atoms with van der Waals surface area (Å²) in [5.41, 5.74) is -0.0487. The lowest BCUT2D eigenvalue weighted by molar-refractivity contribution is -0.127.